The number of esters is 2. The van der Waals surface area contributed by atoms with E-state index in [1.807, 2.05) is 13.8 Å². The third kappa shape index (κ3) is 8.81. The van der Waals surface area contributed by atoms with Crippen molar-refractivity contribution in [3.8, 4) is 11.5 Å². The number of rotatable bonds is 12. The Morgan fingerprint density at radius 1 is 0.979 bits per heavy atom. The topological polar surface area (TPSA) is 130 Å². The van der Waals surface area contributed by atoms with Crippen molar-refractivity contribution in [2.75, 3.05) is 44.7 Å². The van der Waals surface area contributed by atoms with Crippen LogP contribution in [0.15, 0.2) is 60.7 Å². The molecule has 12 heteroatoms. The number of benzene rings is 3. The molecule has 0 saturated carbocycles. The van der Waals surface area contributed by atoms with Gasteiger partial charge in [0.2, 0.25) is 5.91 Å². The van der Waals surface area contributed by atoms with Gasteiger partial charge >= 0.3 is 11.9 Å². The van der Waals surface area contributed by atoms with Gasteiger partial charge in [-0.1, -0.05) is 49.7 Å². The van der Waals surface area contributed by atoms with Crippen LogP contribution in [0, 0.1) is 5.41 Å². The van der Waals surface area contributed by atoms with Crippen LogP contribution in [0.25, 0.3) is 0 Å². The average Bonchev–Trinajstić information content (AvgIpc) is 3.13. The predicted octanol–water partition coefficient (Wildman–Crippen LogP) is 5.51. The number of methoxy groups -OCH3 is 3. The summed E-state index contributed by atoms with van der Waals surface area (Å²) < 4.78 is 27.9. The van der Waals surface area contributed by atoms with Crippen molar-refractivity contribution in [3.63, 3.8) is 0 Å². The molecular formula is C35H39ClN2O9. The minimum absolute atomic E-state index is 0.0351. The number of amides is 2. The van der Waals surface area contributed by atoms with E-state index in [9.17, 15) is 19.2 Å². The van der Waals surface area contributed by atoms with Crippen molar-refractivity contribution in [3.05, 3.63) is 82.4 Å². The lowest BCUT2D eigenvalue weighted by atomic mass is 9.92. The third-order valence-electron chi connectivity index (χ3n) is 7.53. The van der Waals surface area contributed by atoms with Crippen molar-refractivity contribution in [1.82, 2.24) is 0 Å². The molecular weight excluding hydrogens is 628 g/mol. The molecule has 2 atom stereocenters. The van der Waals surface area contributed by atoms with Gasteiger partial charge in [0.15, 0.2) is 11.5 Å². The zero-order valence-corrected chi connectivity index (χ0v) is 28.0. The highest BCUT2D eigenvalue weighted by atomic mass is 35.5. The number of ether oxygens (including phenoxy) is 5. The normalized spacial score (nSPS) is 16.1. The summed E-state index contributed by atoms with van der Waals surface area (Å²) in [4.78, 5) is 52.9. The van der Waals surface area contributed by atoms with Crippen molar-refractivity contribution in [1.29, 1.82) is 0 Å². The molecule has 0 unspecified atom stereocenters. The van der Waals surface area contributed by atoms with E-state index in [0.29, 0.717) is 44.6 Å². The first-order valence-corrected chi connectivity index (χ1v) is 15.3. The molecule has 0 aliphatic carbocycles. The number of para-hydroxylation sites is 1. The van der Waals surface area contributed by atoms with Gasteiger partial charge in [-0.3, -0.25) is 19.2 Å². The molecule has 1 heterocycles. The van der Waals surface area contributed by atoms with Gasteiger partial charge < -0.3 is 33.9 Å². The molecule has 0 saturated heterocycles. The first-order chi connectivity index (χ1) is 22.3. The van der Waals surface area contributed by atoms with Gasteiger partial charge in [0, 0.05) is 46.4 Å². The Hall–Kier alpha value is -4.61. The molecule has 4 rings (SSSR count). The molecule has 250 valence electrons. The molecule has 0 fully saturated rings. The maximum absolute atomic E-state index is 14.4. The second kappa shape index (κ2) is 15.3. The smallest absolute Gasteiger partial charge is 0.309 e. The zero-order valence-electron chi connectivity index (χ0n) is 27.3. The maximum Gasteiger partial charge on any atom is 0.309 e. The number of nitrogens with zero attached hydrogens (tertiary/aromatic N) is 1. The molecule has 1 aliphatic rings. The fourth-order valence-electron chi connectivity index (χ4n) is 5.38. The molecule has 0 bridgehead atoms. The van der Waals surface area contributed by atoms with Gasteiger partial charge in [0.05, 0.1) is 40.8 Å². The fourth-order valence-corrected chi connectivity index (χ4v) is 5.56. The minimum atomic E-state index is -1.26. The Kier molecular flexibility index (Phi) is 11.5. The lowest BCUT2D eigenvalue weighted by Crippen LogP contribution is -2.46. The quantitative estimate of drug-likeness (QED) is 0.249. The van der Waals surface area contributed by atoms with E-state index in [1.165, 1.54) is 28.3 Å². The van der Waals surface area contributed by atoms with Gasteiger partial charge in [-0.25, -0.2) is 0 Å². The highest BCUT2D eigenvalue weighted by Gasteiger charge is 2.41. The van der Waals surface area contributed by atoms with E-state index in [0.717, 1.165) is 0 Å². The Morgan fingerprint density at radius 3 is 2.40 bits per heavy atom. The van der Waals surface area contributed by atoms with Gasteiger partial charge in [-0.05, 0) is 42.0 Å². The minimum Gasteiger partial charge on any atom is -0.493 e. The van der Waals surface area contributed by atoms with Crippen molar-refractivity contribution >= 4 is 46.7 Å². The number of hydrogen-bond acceptors (Lipinski definition) is 9. The fraction of sp³-hybridized carbons (Fsp3) is 0.371. The van der Waals surface area contributed by atoms with Crippen LogP contribution in [0.1, 0.15) is 50.0 Å². The summed E-state index contributed by atoms with van der Waals surface area (Å²) in [5, 5.41) is 3.23. The lowest BCUT2D eigenvalue weighted by molar-refractivity contribution is -0.144. The highest BCUT2D eigenvalue weighted by molar-refractivity contribution is 6.30. The Bertz CT molecular complexity index is 1640. The number of carbonyl (C=O) groups excluding carboxylic acids is 4. The van der Waals surface area contributed by atoms with Crippen LogP contribution >= 0.6 is 11.6 Å². The van der Waals surface area contributed by atoms with E-state index >= 15 is 0 Å². The van der Waals surface area contributed by atoms with E-state index in [1.54, 1.807) is 65.6 Å². The van der Waals surface area contributed by atoms with E-state index in [4.69, 9.17) is 35.3 Å². The van der Waals surface area contributed by atoms with E-state index in [2.05, 4.69) is 5.32 Å². The summed E-state index contributed by atoms with van der Waals surface area (Å²) >= 11 is 6.52. The lowest BCUT2D eigenvalue weighted by Gasteiger charge is -2.33. The average molecular weight is 667 g/mol. The van der Waals surface area contributed by atoms with Gasteiger partial charge in [-0.2, -0.15) is 0 Å². The van der Waals surface area contributed by atoms with Crippen molar-refractivity contribution in [2.45, 2.75) is 45.8 Å². The van der Waals surface area contributed by atoms with Crippen LogP contribution < -0.4 is 19.7 Å². The van der Waals surface area contributed by atoms with Crippen LogP contribution in [0.4, 0.5) is 11.4 Å². The number of nitrogens with one attached hydrogen (secondary N) is 1. The molecule has 3 aromatic rings. The molecule has 0 radical (unpaired) electrons. The second-order valence-corrected chi connectivity index (χ2v) is 12.3. The summed E-state index contributed by atoms with van der Waals surface area (Å²) in [6.45, 7) is 5.25. The number of anilines is 2. The molecule has 11 nitrogen and oxygen atoms in total. The number of halogens is 1. The molecule has 1 N–H and O–H groups in total. The summed E-state index contributed by atoms with van der Waals surface area (Å²) in [5.41, 5.74) is 2.05. The molecule has 0 aromatic heterocycles. The van der Waals surface area contributed by atoms with E-state index < -0.39 is 41.4 Å². The molecule has 47 heavy (non-hydrogen) atoms. The van der Waals surface area contributed by atoms with Crippen LogP contribution in [0.5, 0.6) is 11.5 Å². The number of fused-ring (bicyclic) bond motifs is 1. The largest absolute Gasteiger partial charge is 0.493 e. The van der Waals surface area contributed by atoms with Gasteiger partial charge in [0.1, 0.15) is 12.2 Å². The Morgan fingerprint density at radius 2 is 1.72 bits per heavy atom. The first kappa shape index (κ1) is 35.2. The van der Waals surface area contributed by atoms with E-state index in [-0.39, 0.29) is 26.0 Å². The number of carbonyl (C=O) groups is 4. The van der Waals surface area contributed by atoms with Crippen molar-refractivity contribution in [2.24, 2.45) is 5.41 Å². The molecule has 3 aromatic carbocycles. The van der Waals surface area contributed by atoms with Gasteiger partial charge in [-0.15, -0.1) is 0 Å². The first-order valence-electron chi connectivity index (χ1n) is 14.9. The standard InChI is InChI=1S/C35H39ClN2O9/c1-21(39)46-20-35(2,3)19-38-27-14-13-23(36)17-26(27)32(25-11-8-12-28(43-4)33(25)45-6)47-29(34(38)42)18-30(40)37-24-10-7-9-22(15-24)16-31(41)44-5/h7-15,17,29,32H,16,18-20H2,1-6H3,(H,37,40)/t29-,32-/m1/s1. The van der Waals surface area contributed by atoms with Crippen LogP contribution in [-0.4, -0.2) is 64.3 Å². The molecule has 2 amide bonds. The summed E-state index contributed by atoms with van der Waals surface area (Å²) in [6.07, 6.45) is -2.47. The van der Waals surface area contributed by atoms with Crippen LogP contribution in [0.3, 0.4) is 0 Å². The van der Waals surface area contributed by atoms with Crippen LogP contribution in [0.2, 0.25) is 5.02 Å². The van der Waals surface area contributed by atoms with Crippen molar-refractivity contribution < 1.29 is 42.9 Å². The third-order valence-corrected chi connectivity index (χ3v) is 7.77. The number of hydrogen-bond donors (Lipinski definition) is 1. The predicted molar refractivity (Wildman–Crippen MR) is 176 cm³/mol. The molecule has 1 aliphatic heterocycles. The Balaban J connectivity index is 1.76. The molecule has 0 spiro atoms. The maximum atomic E-state index is 14.4. The zero-order chi connectivity index (χ0) is 34.3. The van der Waals surface area contributed by atoms with Gasteiger partial charge in [0.25, 0.3) is 5.91 Å². The Labute approximate surface area is 279 Å². The van der Waals surface area contributed by atoms with Crippen LogP contribution in [-0.2, 0) is 39.8 Å². The SMILES string of the molecule is COC(=O)Cc1cccc(NC(=O)C[C@H]2O[C@H](c3cccc(OC)c3OC)c3cc(Cl)ccc3N(CC(C)(C)COC(C)=O)C2=O)c1. The summed E-state index contributed by atoms with van der Waals surface area (Å²) in [5.74, 6) is -0.963. The highest BCUT2D eigenvalue weighted by Crippen LogP contribution is 2.45. The second-order valence-electron chi connectivity index (χ2n) is 11.9. The summed E-state index contributed by atoms with van der Waals surface area (Å²) in [7, 11) is 4.33. The monoisotopic (exact) mass is 666 g/mol. The summed E-state index contributed by atoms with van der Waals surface area (Å²) in [6, 6.07) is 17.2.